The van der Waals surface area contributed by atoms with Gasteiger partial charge in [-0.3, -0.25) is 4.68 Å². The molecule has 1 aromatic heterocycles. The van der Waals surface area contributed by atoms with Gasteiger partial charge in [-0.15, -0.1) is 0 Å². The summed E-state index contributed by atoms with van der Waals surface area (Å²) < 4.78 is 13.5. The molecule has 1 aromatic rings. The van der Waals surface area contributed by atoms with Crippen molar-refractivity contribution in [2.24, 2.45) is 5.73 Å². The van der Waals surface area contributed by atoms with Gasteiger partial charge in [0, 0.05) is 12.4 Å². The number of nitrogens with two attached hydrogens (primary N) is 1. The Morgan fingerprint density at radius 3 is 2.92 bits per heavy atom. The lowest BCUT2D eigenvalue weighted by Crippen LogP contribution is -2.39. The first kappa shape index (κ1) is 9.15. The molecule has 1 rings (SSSR count). The minimum atomic E-state index is -1.10. The van der Waals surface area contributed by atoms with Gasteiger partial charge in [-0.05, 0) is 6.07 Å². The lowest BCUT2D eigenvalue weighted by molar-refractivity contribution is 0.105. The molecule has 0 aliphatic rings. The molecule has 0 radical (unpaired) electrons. The van der Waals surface area contributed by atoms with Crippen LogP contribution in [-0.4, -0.2) is 33.7 Å². The zero-order chi connectivity index (χ0) is 8.97. The first-order valence-electron chi connectivity index (χ1n) is 3.71. The lowest BCUT2D eigenvalue weighted by Gasteiger charge is -2.15. The standard InChI is InChI=1S/C7H12FN3O/c8-4-7(12)6(9)5-11-3-1-2-10-11/h1-3,6-7,12H,4-5,9H2. The molecule has 68 valence electrons. The summed E-state index contributed by atoms with van der Waals surface area (Å²) >= 11 is 0. The molecular formula is C7H12FN3O. The molecule has 1 heterocycles. The van der Waals surface area contributed by atoms with Gasteiger partial charge in [-0.2, -0.15) is 5.10 Å². The molecule has 0 aliphatic heterocycles. The summed E-state index contributed by atoms with van der Waals surface area (Å²) in [5.41, 5.74) is 5.47. The molecule has 12 heavy (non-hydrogen) atoms. The van der Waals surface area contributed by atoms with Crippen LogP contribution in [0.3, 0.4) is 0 Å². The molecule has 0 fully saturated rings. The van der Waals surface area contributed by atoms with Crippen LogP contribution in [0.2, 0.25) is 0 Å². The highest BCUT2D eigenvalue weighted by atomic mass is 19.1. The third-order valence-electron chi connectivity index (χ3n) is 1.61. The first-order valence-corrected chi connectivity index (χ1v) is 3.71. The molecule has 0 spiro atoms. The van der Waals surface area contributed by atoms with Crippen molar-refractivity contribution in [3.8, 4) is 0 Å². The van der Waals surface area contributed by atoms with Gasteiger partial charge in [0.1, 0.15) is 6.67 Å². The monoisotopic (exact) mass is 173 g/mol. The number of aromatic nitrogens is 2. The van der Waals surface area contributed by atoms with Crippen LogP contribution in [0.15, 0.2) is 18.5 Å². The fourth-order valence-corrected chi connectivity index (χ4v) is 0.861. The number of alkyl halides is 1. The van der Waals surface area contributed by atoms with Crippen molar-refractivity contribution in [1.82, 2.24) is 9.78 Å². The van der Waals surface area contributed by atoms with Crippen LogP contribution in [0.25, 0.3) is 0 Å². The van der Waals surface area contributed by atoms with Gasteiger partial charge in [-0.1, -0.05) is 0 Å². The molecule has 3 N–H and O–H groups in total. The van der Waals surface area contributed by atoms with Crippen LogP contribution in [-0.2, 0) is 6.54 Å². The number of rotatable bonds is 4. The average molecular weight is 173 g/mol. The first-order chi connectivity index (χ1) is 5.74. The topological polar surface area (TPSA) is 64.1 Å². The second-order valence-corrected chi connectivity index (χ2v) is 2.61. The number of hydrogen-bond acceptors (Lipinski definition) is 3. The highest BCUT2D eigenvalue weighted by Crippen LogP contribution is 1.95. The summed E-state index contributed by atoms with van der Waals surface area (Å²) in [5, 5.41) is 12.9. The Balaban J connectivity index is 2.41. The highest BCUT2D eigenvalue weighted by molar-refractivity contribution is 4.80. The van der Waals surface area contributed by atoms with Gasteiger partial charge in [-0.25, -0.2) is 4.39 Å². The molecule has 0 saturated heterocycles. The fraction of sp³-hybridized carbons (Fsp3) is 0.571. The van der Waals surface area contributed by atoms with Crippen LogP contribution in [0, 0.1) is 0 Å². The van der Waals surface area contributed by atoms with Crippen molar-refractivity contribution in [3.05, 3.63) is 18.5 Å². The molecular weight excluding hydrogens is 161 g/mol. The van der Waals surface area contributed by atoms with Gasteiger partial charge in [0.2, 0.25) is 0 Å². The summed E-state index contributed by atoms with van der Waals surface area (Å²) in [6.45, 7) is -0.486. The molecule has 0 bridgehead atoms. The second kappa shape index (κ2) is 4.18. The summed E-state index contributed by atoms with van der Waals surface area (Å²) in [4.78, 5) is 0. The average Bonchev–Trinajstić information content (AvgIpc) is 2.55. The number of halogens is 1. The molecule has 2 atom stereocenters. The normalized spacial score (nSPS) is 15.9. The van der Waals surface area contributed by atoms with Crippen LogP contribution >= 0.6 is 0 Å². The van der Waals surface area contributed by atoms with E-state index < -0.39 is 18.8 Å². The molecule has 2 unspecified atom stereocenters. The van der Waals surface area contributed by atoms with E-state index in [0.717, 1.165) is 0 Å². The molecule has 4 nitrogen and oxygen atoms in total. The van der Waals surface area contributed by atoms with Crippen molar-refractivity contribution in [2.45, 2.75) is 18.7 Å². The molecule has 5 heteroatoms. The molecule has 0 aromatic carbocycles. The van der Waals surface area contributed by atoms with E-state index in [0.29, 0.717) is 6.54 Å². The zero-order valence-electron chi connectivity index (χ0n) is 6.60. The Hall–Kier alpha value is -0.940. The Morgan fingerprint density at radius 1 is 1.67 bits per heavy atom. The fourth-order valence-electron chi connectivity index (χ4n) is 0.861. The minimum Gasteiger partial charge on any atom is -0.389 e. The maximum absolute atomic E-state index is 11.9. The van der Waals surface area contributed by atoms with Crippen LogP contribution in [0.1, 0.15) is 0 Å². The Kier molecular flexibility index (Phi) is 3.19. The van der Waals surface area contributed by atoms with Crippen LogP contribution in [0.5, 0.6) is 0 Å². The van der Waals surface area contributed by atoms with E-state index in [9.17, 15) is 4.39 Å². The third-order valence-corrected chi connectivity index (χ3v) is 1.61. The molecule has 0 aliphatic carbocycles. The summed E-state index contributed by atoms with van der Waals surface area (Å²) in [6.07, 6.45) is 2.22. The summed E-state index contributed by atoms with van der Waals surface area (Å²) in [7, 11) is 0. The largest absolute Gasteiger partial charge is 0.389 e. The van der Waals surface area contributed by atoms with Crippen molar-refractivity contribution in [3.63, 3.8) is 0 Å². The maximum Gasteiger partial charge on any atom is 0.117 e. The number of nitrogens with zero attached hydrogens (tertiary/aromatic N) is 2. The predicted molar refractivity (Wildman–Crippen MR) is 42.2 cm³/mol. The van der Waals surface area contributed by atoms with Crippen molar-refractivity contribution < 1.29 is 9.50 Å². The van der Waals surface area contributed by atoms with Gasteiger partial charge in [0.15, 0.2) is 0 Å². The van der Waals surface area contributed by atoms with Gasteiger partial charge in [0.05, 0.1) is 18.7 Å². The summed E-state index contributed by atoms with van der Waals surface area (Å²) in [6, 6.07) is 1.14. The van der Waals surface area contributed by atoms with E-state index in [2.05, 4.69) is 5.10 Å². The van der Waals surface area contributed by atoms with E-state index in [1.165, 1.54) is 0 Å². The van der Waals surface area contributed by atoms with Gasteiger partial charge in [0.25, 0.3) is 0 Å². The number of aliphatic hydroxyl groups is 1. The lowest BCUT2D eigenvalue weighted by atomic mass is 10.2. The quantitative estimate of drug-likeness (QED) is 0.647. The summed E-state index contributed by atoms with van der Waals surface area (Å²) in [5.74, 6) is 0. The van der Waals surface area contributed by atoms with Crippen molar-refractivity contribution >= 4 is 0 Å². The van der Waals surface area contributed by atoms with Crippen molar-refractivity contribution in [2.75, 3.05) is 6.67 Å². The maximum atomic E-state index is 11.9. The van der Waals surface area contributed by atoms with E-state index in [4.69, 9.17) is 10.8 Å². The second-order valence-electron chi connectivity index (χ2n) is 2.61. The van der Waals surface area contributed by atoms with Gasteiger partial charge < -0.3 is 10.8 Å². The highest BCUT2D eigenvalue weighted by Gasteiger charge is 2.14. The van der Waals surface area contributed by atoms with Gasteiger partial charge >= 0.3 is 0 Å². The Labute approximate surface area is 69.8 Å². The number of aliphatic hydroxyl groups excluding tert-OH is 1. The minimum absolute atomic E-state index is 0.331. The Morgan fingerprint density at radius 2 is 2.42 bits per heavy atom. The van der Waals surface area contributed by atoms with Crippen molar-refractivity contribution in [1.29, 1.82) is 0 Å². The van der Waals surface area contributed by atoms with Crippen LogP contribution in [0.4, 0.5) is 4.39 Å². The number of hydrogen-bond donors (Lipinski definition) is 2. The van der Waals surface area contributed by atoms with E-state index in [1.54, 1.807) is 23.1 Å². The predicted octanol–water partition coefficient (Wildman–Crippen LogP) is -0.459. The SMILES string of the molecule is NC(Cn1cccn1)C(O)CF. The molecule has 0 saturated carbocycles. The van der Waals surface area contributed by atoms with E-state index in [1.807, 2.05) is 0 Å². The van der Waals surface area contributed by atoms with E-state index in [-0.39, 0.29) is 0 Å². The smallest absolute Gasteiger partial charge is 0.117 e. The van der Waals surface area contributed by atoms with E-state index >= 15 is 0 Å². The van der Waals surface area contributed by atoms with Crippen LogP contribution < -0.4 is 5.73 Å². The third kappa shape index (κ3) is 2.28. The zero-order valence-corrected chi connectivity index (χ0v) is 6.60. The Bertz CT molecular complexity index is 214. The molecule has 0 amide bonds.